The van der Waals surface area contributed by atoms with E-state index >= 15 is 0 Å². The average Bonchev–Trinajstić information content (AvgIpc) is 3.21. The van der Waals surface area contributed by atoms with Crippen LogP contribution in [0.1, 0.15) is 38.2 Å². The van der Waals surface area contributed by atoms with Gasteiger partial charge in [-0.3, -0.25) is 4.79 Å². The minimum atomic E-state index is -0.928. The van der Waals surface area contributed by atoms with Crippen LogP contribution in [-0.4, -0.2) is 19.2 Å². The van der Waals surface area contributed by atoms with Gasteiger partial charge in [-0.1, -0.05) is 6.92 Å². The summed E-state index contributed by atoms with van der Waals surface area (Å²) >= 11 is 0. The highest BCUT2D eigenvalue weighted by Gasteiger charge is 2.56. The normalized spacial score (nSPS) is 23.1. The van der Waals surface area contributed by atoms with Gasteiger partial charge in [0.25, 0.3) is 0 Å². The molecule has 2 atom stereocenters. The summed E-state index contributed by atoms with van der Waals surface area (Å²) in [6.07, 6.45) is 1.86. The minimum Gasteiger partial charge on any atom is -0.493 e. The van der Waals surface area contributed by atoms with Crippen molar-refractivity contribution in [2.45, 2.75) is 32.6 Å². The molecule has 1 aromatic carbocycles. The Morgan fingerprint density at radius 3 is 2.71 bits per heavy atom. The second kappa shape index (κ2) is 4.97. The zero-order valence-corrected chi connectivity index (χ0v) is 12.1. The molecule has 2 aliphatic rings. The average molecular weight is 296 g/mol. The zero-order chi connectivity index (χ0) is 15.2. The first-order chi connectivity index (χ1) is 9.98. The standard InChI is InChI=1S/C16H18F2O3/c1-3-20-15(19)9(2)14-10-6-11(17)12(18)7-13(10)21-8-16(14)4-5-16/h6-7,9,14H,3-5,8H2,1-2H3/t9-,14?/m0/s1. The Hall–Kier alpha value is -1.65. The Morgan fingerprint density at radius 1 is 1.43 bits per heavy atom. The van der Waals surface area contributed by atoms with Crippen LogP contribution < -0.4 is 4.74 Å². The van der Waals surface area contributed by atoms with Crippen LogP contribution >= 0.6 is 0 Å². The molecule has 1 aliphatic carbocycles. The summed E-state index contributed by atoms with van der Waals surface area (Å²) in [7, 11) is 0. The number of benzene rings is 1. The van der Waals surface area contributed by atoms with Crippen molar-refractivity contribution < 1.29 is 23.0 Å². The van der Waals surface area contributed by atoms with Crippen molar-refractivity contribution in [3.05, 3.63) is 29.3 Å². The maximum Gasteiger partial charge on any atom is 0.309 e. The van der Waals surface area contributed by atoms with Gasteiger partial charge in [0.1, 0.15) is 5.75 Å². The molecule has 5 heteroatoms. The molecule has 0 saturated heterocycles. The van der Waals surface area contributed by atoms with Crippen LogP contribution in [0.5, 0.6) is 5.75 Å². The number of ether oxygens (including phenoxy) is 2. The number of carbonyl (C=O) groups excluding carboxylic acids is 1. The van der Waals surface area contributed by atoms with Crippen LogP contribution in [0.4, 0.5) is 8.78 Å². The van der Waals surface area contributed by atoms with Gasteiger partial charge >= 0.3 is 5.97 Å². The molecule has 0 aromatic heterocycles. The van der Waals surface area contributed by atoms with E-state index in [9.17, 15) is 13.6 Å². The molecule has 1 unspecified atom stereocenters. The monoisotopic (exact) mass is 296 g/mol. The molecular weight excluding hydrogens is 278 g/mol. The molecular formula is C16H18F2O3. The first-order valence-electron chi connectivity index (χ1n) is 7.27. The van der Waals surface area contributed by atoms with Gasteiger partial charge < -0.3 is 9.47 Å². The number of fused-ring (bicyclic) bond motifs is 1. The van der Waals surface area contributed by atoms with Gasteiger partial charge in [0, 0.05) is 23.0 Å². The molecule has 1 spiro atoms. The fourth-order valence-corrected chi connectivity index (χ4v) is 3.38. The smallest absolute Gasteiger partial charge is 0.309 e. The summed E-state index contributed by atoms with van der Waals surface area (Å²) in [5, 5.41) is 0. The maximum atomic E-state index is 13.6. The van der Waals surface area contributed by atoms with E-state index in [1.807, 2.05) is 0 Å². The lowest BCUT2D eigenvalue weighted by Gasteiger charge is -2.36. The molecule has 114 valence electrons. The number of carbonyl (C=O) groups is 1. The van der Waals surface area contributed by atoms with Crippen LogP contribution in [0.15, 0.2) is 12.1 Å². The Labute approximate surface area is 122 Å². The molecule has 0 bridgehead atoms. The quantitative estimate of drug-likeness (QED) is 0.802. The second-order valence-electron chi connectivity index (χ2n) is 5.97. The summed E-state index contributed by atoms with van der Waals surface area (Å²) in [5.41, 5.74) is 0.446. The predicted octanol–water partition coefficient (Wildman–Crippen LogP) is 3.42. The van der Waals surface area contributed by atoms with Crippen molar-refractivity contribution in [3.63, 3.8) is 0 Å². The van der Waals surface area contributed by atoms with Crippen LogP contribution in [-0.2, 0) is 9.53 Å². The summed E-state index contributed by atoms with van der Waals surface area (Å²) in [4.78, 5) is 12.1. The van der Waals surface area contributed by atoms with E-state index < -0.39 is 17.6 Å². The maximum absolute atomic E-state index is 13.6. The van der Waals surface area contributed by atoms with Gasteiger partial charge in [0.15, 0.2) is 11.6 Å². The molecule has 3 nitrogen and oxygen atoms in total. The number of rotatable bonds is 3. The highest BCUT2D eigenvalue weighted by atomic mass is 19.2. The van der Waals surface area contributed by atoms with Crippen LogP contribution in [0.25, 0.3) is 0 Å². The summed E-state index contributed by atoms with van der Waals surface area (Å²) in [6.45, 7) is 4.30. The van der Waals surface area contributed by atoms with Crippen LogP contribution in [0.3, 0.4) is 0 Å². The highest BCUT2D eigenvalue weighted by molar-refractivity contribution is 5.74. The third-order valence-electron chi connectivity index (χ3n) is 4.61. The van der Waals surface area contributed by atoms with E-state index in [1.54, 1.807) is 13.8 Å². The lowest BCUT2D eigenvalue weighted by atomic mass is 9.73. The zero-order valence-electron chi connectivity index (χ0n) is 12.1. The van der Waals surface area contributed by atoms with Gasteiger partial charge in [-0.25, -0.2) is 8.78 Å². The molecule has 1 heterocycles. The van der Waals surface area contributed by atoms with E-state index in [1.165, 1.54) is 6.07 Å². The van der Waals surface area contributed by atoms with Gasteiger partial charge in [0.2, 0.25) is 0 Å². The molecule has 1 aromatic rings. The molecule has 21 heavy (non-hydrogen) atoms. The Kier molecular flexibility index (Phi) is 3.38. The van der Waals surface area contributed by atoms with Crippen molar-refractivity contribution in [3.8, 4) is 5.75 Å². The van der Waals surface area contributed by atoms with Crippen molar-refractivity contribution in [1.29, 1.82) is 0 Å². The molecule has 0 radical (unpaired) electrons. The van der Waals surface area contributed by atoms with Crippen molar-refractivity contribution >= 4 is 5.97 Å². The highest BCUT2D eigenvalue weighted by Crippen LogP contribution is 2.62. The van der Waals surface area contributed by atoms with E-state index in [0.717, 1.165) is 18.9 Å². The van der Waals surface area contributed by atoms with Crippen LogP contribution in [0.2, 0.25) is 0 Å². The van der Waals surface area contributed by atoms with Crippen molar-refractivity contribution in [2.24, 2.45) is 11.3 Å². The minimum absolute atomic E-state index is 0.135. The van der Waals surface area contributed by atoms with Gasteiger partial charge in [-0.15, -0.1) is 0 Å². The molecule has 0 amide bonds. The van der Waals surface area contributed by atoms with E-state index in [-0.39, 0.29) is 17.3 Å². The number of hydrogen-bond donors (Lipinski definition) is 0. The van der Waals surface area contributed by atoms with Gasteiger partial charge in [-0.2, -0.15) is 0 Å². The number of hydrogen-bond acceptors (Lipinski definition) is 3. The van der Waals surface area contributed by atoms with E-state index in [2.05, 4.69) is 0 Å². The fraction of sp³-hybridized carbons (Fsp3) is 0.562. The third-order valence-corrected chi connectivity index (χ3v) is 4.61. The molecule has 0 N–H and O–H groups in total. The van der Waals surface area contributed by atoms with E-state index in [4.69, 9.17) is 9.47 Å². The largest absolute Gasteiger partial charge is 0.493 e. The van der Waals surface area contributed by atoms with Crippen molar-refractivity contribution in [2.75, 3.05) is 13.2 Å². The number of halogens is 2. The first kappa shape index (κ1) is 14.3. The molecule has 3 rings (SSSR count). The SMILES string of the molecule is CCOC(=O)[C@@H](C)C1c2cc(F)c(F)cc2OCC12CC2. The Bertz CT molecular complexity index is 581. The summed E-state index contributed by atoms with van der Waals surface area (Å²) < 4.78 is 37.7. The van der Waals surface area contributed by atoms with Crippen LogP contribution in [0, 0.1) is 23.0 Å². The number of esters is 1. The topological polar surface area (TPSA) is 35.5 Å². The molecule has 1 aliphatic heterocycles. The fourth-order valence-electron chi connectivity index (χ4n) is 3.38. The molecule has 1 fully saturated rings. The molecule has 1 saturated carbocycles. The summed E-state index contributed by atoms with van der Waals surface area (Å²) in [5.74, 6) is -2.38. The lowest BCUT2D eigenvalue weighted by molar-refractivity contribution is -0.149. The van der Waals surface area contributed by atoms with Gasteiger partial charge in [0.05, 0.1) is 19.1 Å². The predicted molar refractivity (Wildman–Crippen MR) is 72.1 cm³/mol. The van der Waals surface area contributed by atoms with Crippen molar-refractivity contribution in [1.82, 2.24) is 0 Å². The third kappa shape index (κ3) is 2.28. The second-order valence-corrected chi connectivity index (χ2v) is 5.97. The first-order valence-corrected chi connectivity index (χ1v) is 7.27. The van der Waals surface area contributed by atoms with Gasteiger partial charge in [-0.05, 0) is 25.8 Å². The Balaban J connectivity index is 2.02. The summed E-state index contributed by atoms with van der Waals surface area (Å²) in [6, 6.07) is 2.25. The van der Waals surface area contributed by atoms with E-state index in [0.29, 0.717) is 24.5 Å². The Morgan fingerprint density at radius 2 is 2.10 bits per heavy atom. The lowest BCUT2D eigenvalue weighted by Crippen LogP contribution is -2.35.